The van der Waals surface area contributed by atoms with Gasteiger partial charge in [-0.1, -0.05) is 200 Å². The molecular formula is C64H39NS. The number of para-hydroxylation sites is 2. The number of hydrogen-bond acceptors (Lipinski definition) is 1. The van der Waals surface area contributed by atoms with Crippen LogP contribution in [0.2, 0.25) is 0 Å². The van der Waals surface area contributed by atoms with E-state index in [1.165, 1.54) is 135 Å². The maximum Gasteiger partial charge on any atom is 0.0541 e. The van der Waals surface area contributed by atoms with Crippen LogP contribution in [-0.2, 0) is 0 Å². The average Bonchev–Trinajstić information content (AvgIpc) is 3.93. The van der Waals surface area contributed by atoms with Gasteiger partial charge in [0.05, 0.1) is 11.0 Å². The van der Waals surface area contributed by atoms with E-state index in [9.17, 15) is 0 Å². The van der Waals surface area contributed by atoms with Crippen molar-refractivity contribution in [2.24, 2.45) is 0 Å². The SMILES string of the molecule is c1ccc(-c2c3ccccc3c(-c3ccc4c(c3)sc3c(-c5c6ccccc6c(-c6ccc7c(c6)c6ccccc6n7-c6ccccc6)c6ccccc56)cccc34)c3ccccc23)cc1. The molecule has 0 saturated heterocycles. The van der Waals surface area contributed by atoms with Crippen LogP contribution in [0.3, 0.4) is 0 Å². The van der Waals surface area contributed by atoms with Crippen molar-refractivity contribution >= 4 is 96.4 Å². The fourth-order valence-corrected chi connectivity index (χ4v) is 12.5. The predicted molar refractivity (Wildman–Crippen MR) is 285 cm³/mol. The molecule has 12 aromatic carbocycles. The number of rotatable bonds is 5. The summed E-state index contributed by atoms with van der Waals surface area (Å²) in [7, 11) is 0. The lowest BCUT2D eigenvalue weighted by atomic mass is 9.85. The van der Waals surface area contributed by atoms with Crippen LogP contribution in [0.25, 0.3) is 135 Å². The van der Waals surface area contributed by atoms with Gasteiger partial charge in [-0.3, -0.25) is 0 Å². The monoisotopic (exact) mass is 853 g/mol. The Morgan fingerprint density at radius 3 is 1.29 bits per heavy atom. The molecule has 0 spiro atoms. The van der Waals surface area contributed by atoms with Crippen molar-refractivity contribution in [1.29, 1.82) is 0 Å². The highest BCUT2D eigenvalue weighted by molar-refractivity contribution is 7.26. The molecule has 0 fully saturated rings. The predicted octanol–water partition coefficient (Wildman–Crippen LogP) is 18.4. The molecule has 0 unspecified atom stereocenters. The Balaban J connectivity index is 0.981. The summed E-state index contributed by atoms with van der Waals surface area (Å²) in [6.45, 7) is 0. The first-order valence-corrected chi connectivity index (χ1v) is 23.6. The highest BCUT2D eigenvalue weighted by atomic mass is 32.1. The van der Waals surface area contributed by atoms with E-state index in [1.807, 2.05) is 11.3 Å². The average molecular weight is 854 g/mol. The third kappa shape index (κ3) is 5.46. The van der Waals surface area contributed by atoms with E-state index in [0.29, 0.717) is 0 Å². The van der Waals surface area contributed by atoms with Gasteiger partial charge in [-0.15, -0.1) is 11.3 Å². The second-order valence-corrected chi connectivity index (χ2v) is 18.5. The number of hydrogen-bond donors (Lipinski definition) is 0. The maximum atomic E-state index is 2.45. The molecule has 1 nitrogen and oxygen atoms in total. The standard InChI is InChI=1S/C64H39NS/c1-3-18-40(19-4-1)60-46-23-7-9-25-48(46)62(49-26-10-8-24-47(49)60)42-34-36-45-54-31-17-32-55(64(54)66-59(45)39-42)63-52-29-13-11-27-50(52)61(51-28-12-14-30-53(51)63)41-35-37-58-56(38-41)44-22-15-16-33-57(44)65(58)43-20-5-2-6-21-43/h1-39H. The molecule has 2 heterocycles. The van der Waals surface area contributed by atoms with E-state index in [-0.39, 0.29) is 0 Å². The summed E-state index contributed by atoms with van der Waals surface area (Å²) in [6.07, 6.45) is 0. The van der Waals surface area contributed by atoms with Crippen molar-refractivity contribution in [3.05, 3.63) is 237 Å². The molecule has 0 amide bonds. The Morgan fingerprint density at radius 1 is 0.258 bits per heavy atom. The normalized spacial score (nSPS) is 11.9. The second-order valence-electron chi connectivity index (χ2n) is 17.5. The summed E-state index contributed by atoms with van der Waals surface area (Å²) >= 11 is 1.92. The summed E-state index contributed by atoms with van der Waals surface area (Å²) in [6, 6.07) is 87.6. The fourth-order valence-electron chi connectivity index (χ4n) is 11.2. The zero-order valence-corrected chi connectivity index (χ0v) is 36.7. The van der Waals surface area contributed by atoms with Crippen molar-refractivity contribution in [3.8, 4) is 50.2 Å². The van der Waals surface area contributed by atoms with Gasteiger partial charge >= 0.3 is 0 Å². The molecule has 2 aromatic heterocycles. The van der Waals surface area contributed by atoms with E-state index in [1.54, 1.807) is 0 Å². The number of nitrogens with zero attached hydrogens (tertiary/aromatic N) is 1. The van der Waals surface area contributed by atoms with Gasteiger partial charge < -0.3 is 4.57 Å². The third-order valence-electron chi connectivity index (χ3n) is 14.0. The molecule has 0 bridgehead atoms. The van der Waals surface area contributed by atoms with Gasteiger partial charge in [0.2, 0.25) is 0 Å². The molecule has 0 atom stereocenters. The van der Waals surface area contributed by atoms with Crippen LogP contribution in [0, 0.1) is 0 Å². The molecule has 0 N–H and O–H groups in total. The van der Waals surface area contributed by atoms with Crippen molar-refractivity contribution < 1.29 is 0 Å². The molecule has 0 aliphatic rings. The summed E-state index contributed by atoms with van der Waals surface area (Å²) < 4.78 is 5.01. The largest absolute Gasteiger partial charge is 0.309 e. The Kier molecular flexibility index (Phi) is 8.22. The fraction of sp³-hybridized carbons (Fsp3) is 0. The van der Waals surface area contributed by atoms with E-state index >= 15 is 0 Å². The topological polar surface area (TPSA) is 4.93 Å². The number of aromatic nitrogens is 1. The molecule has 14 rings (SSSR count). The van der Waals surface area contributed by atoms with Crippen molar-refractivity contribution in [3.63, 3.8) is 0 Å². The van der Waals surface area contributed by atoms with Gasteiger partial charge in [0, 0.05) is 42.2 Å². The molecule has 66 heavy (non-hydrogen) atoms. The zero-order valence-electron chi connectivity index (χ0n) is 35.9. The third-order valence-corrected chi connectivity index (χ3v) is 15.2. The van der Waals surface area contributed by atoms with Crippen LogP contribution in [0.4, 0.5) is 0 Å². The molecular weight excluding hydrogens is 815 g/mol. The Labute approximate surface area is 385 Å². The van der Waals surface area contributed by atoms with Gasteiger partial charge in [0.1, 0.15) is 0 Å². The molecule has 0 aliphatic carbocycles. The summed E-state index contributed by atoms with van der Waals surface area (Å²) in [4.78, 5) is 0. The Hall–Kier alpha value is -8.30. The van der Waals surface area contributed by atoms with Crippen LogP contribution >= 0.6 is 11.3 Å². The van der Waals surface area contributed by atoms with Crippen molar-refractivity contribution in [2.45, 2.75) is 0 Å². The second kappa shape index (κ2) is 14.6. The molecule has 306 valence electrons. The van der Waals surface area contributed by atoms with E-state index < -0.39 is 0 Å². The number of benzene rings is 12. The highest BCUT2D eigenvalue weighted by Crippen LogP contribution is 2.50. The van der Waals surface area contributed by atoms with Crippen molar-refractivity contribution in [2.75, 3.05) is 0 Å². The van der Waals surface area contributed by atoms with Gasteiger partial charge in [-0.25, -0.2) is 0 Å². The highest BCUT2D eigenvalue weighted by Gasteiger charge is 2.22. The first-order chi connectivity index (χ1) is 32.8. The quantitative estimate of drug-likeness (QED) is 0.152. The number of thiophene rings is 1. The molecule has 0 radical (unpaired) electrons. The minimum atomic E-state index is 1.17. The molecule has 0 saturated carbocycles. The lowest BCUT2D eigenvalue weighted by molar-refractivity contribution is 1.18. The summed E-state index contributed by atoms with van der Waals surface area (Å²) in [5.41, 5.74) is 13.7. The molecule has 2 heteroatoms. The Bertz CT molecular complexity index is 4160. The minimum Gasteiger partial charge on any atom is -0.309 e. The van der Waals surface area contributed by atoms with Crippen LogP contribution in [0.1, 0.15) is 0 Å². The van der Waals surface area contributed by atoms with E-state index in [0.717, 1.165) is 0 Å². The van der Waals surface area contributed by atoms with Crippen molar-refractivity contribution in [1.82, 2.24) is 4.57 Å². The van der Waals surface area contributed by atoms with Gasteiger partial charge in [0.25, 0.3) is 0 Å². The van der Waals surface area contributed by atoms with Gasteiger partial charge in [-0.05, 0) is 118 Å². The summed E-state index contributed by atoms with van der Waals surface area (Å²) in [5, 5.41) is 15.3. The van der Waals surface area contributed by atoms with E-state index in [2.05, 4.69) is 241 Å². The van der Waals surface area contributed by atoms with Crippen LogP contribution in [0.5, 0.6) is 0 Å². The molecule has 14 aromatic rings. The van der Waals surface area contributed by atoms with Crippen LogP contribution in [0.15, 0.2) is 237 Å². The first kappa shape index (κ1) is 37.1. The zero-order chi connectivity index (χ0) is 43.3. The Morgan fingerprint density at radius 2 is 0.697 bits per heavy atom. The first-order valence-electron chi connectivity index (χ1n) is 22.8. The van der Waals surface area contributed by atoms with Gasteiger partial charge in [-0.2, -0.15) is 0 Å². The maximum absolute atomic E-state index is 2.45. The van der Waals surface area contributed by atoms with E-state index in [4.69, 9.17) is 0 Å². The number of fused-ring (bicyclic) bond motifs is 10. The summed E-state index contributed by atoms with van der Waals surface area (Å²) in [5.74, 6) is 0. The lowest BCUT2D eigenvalue weighted by Crippen LogP contribution is -1.93. The van der Waals surface area contributed by atoms with Crippen LogP contribution in [-0.4, -0.2) is 4.57 Å². The lowest BCUT2D eigenvalue weighted by Gasteiger charge is -2.18. The smallest absolute Gasteiger partial charge is 0.0541 e. The van der Waals surface area contributed by atoms with Crippen LogP contribution < -0.4 is 0 Å². The minimum absolute atomic E-state index is 1.17. The molecule has 0 aliphatic heterocycles. The van der Waals surface area contributed by atoms with Gasteiger partial charge in [0.15, 0.2) is 0 Å².